The maximum absolute atomic E-state index is 11.8. The molecule has 0 bridgehead atoms. The summed E-state index contributed by atoms with van der Waals surface area (Å²) in [6, 6.07) is 2.59. The van der Waals surface area contributed by atoms with Crippen molar-refractivity contribution in [3.05, 3.63) is 23.3 Å². The van der Waals surface area contributed by atoms with E-state index in [9.17, 15) is 13.2 Å². The van der Waals surface area contributed by atoms with E-state index in [-0.39, 0.29) is 10.5 Å². The minimum atomic E-state index is -3.68. The van der Waals surface area contributed by atoms with Crippen molar-refractivity contribution in [1.29, 1.82) is 0 Å². The number of anilines is 1. The minimum Gasteiger partial charge on any atom is -0.478 e. The molecule has 0 saturated carbocycles. The second kappa shape index (κ2) is 3.81. The molecule has 0 aliphatic carbocycles. The normalized spacial score (nSPS) is 16.1. The first-order chi connectivity index (χ1) is 8.25. The highest BCUT2D eigenvalue weighted by molar-refractivity contribution is 7.90. The fourth-order valence-electron chi connectivity index (χ4n) is 2.05. The van der Waals surface area contributed by atoms with Gasteiger partial charge < -0.3 is 10.0 Å². The molecule has 1 aliphatic heterocycles. The van der Waals surface area contributed by atoms with Gasteiger partial charge in [0.2, 0.25) is 0 Å². The van der Waals surface area contributed by atoms with Crippen LogP contribution in [0, 0.1) is 0 Å². The van der Waals surface area contributed by atoms with Crippen LogP contribution < -0.4 is 4.90 Å². The lowest BCUT2D eigenvalue weighted by Crippen LogP contribution is -2.18. The maximum atomic E-state index is 11.8. The molecular weight excluding hydrogens is 256 g/mol. The fraction of sp³-hybridized carbons (Fsp3) is 0.273. The maximum Gasteiger partial charge on any atom is 0.337 e. The quantitative estimate of drug-likeness (QED) is 0.863. The number of rotatable bonds is 2. The molecule has 7 heteroatoms. The number of aromatic carboxylic acids is 1. The highest BCUT2D eigenvalue weighted by Crippen LogP contribution is 2.35. The second-order valence-electron chi connectivity index (χ2n) is 4.19. The molecular formula is C11H12N2O4S. The van der Waals surface area contributed by atoms with Gasteiger partial charge in [-0.1, -0.05) is 0 Å². The number of carboxylic acids is 1. The smallest absolute Gasteiger partial charge is 0.337 e. The summed E-state index contributed by atoms with van der Waals surface area (Å²) in [4.78, 5) is 12.8. The molecule has 1 N–H and O–H groups in total. The largest absolute Gasteiger partial charge is 0.478 e. The van der Waals surface area contributed by atoms with Crippen LogP contribution in [0.15, 0.2) is 21.4 Å². The lowest BCUT2D eigenvalue weighted by molar-refractivity contribution is 0.0697. The van der Waals surface area contributed by atoms with Crippen LogP contribution in [0.1, 0.15) is 22.8 Å². The molecule has 0 amide bonds. The SMILES string of the molecule is CC1=NS(=O)(=O)c2ccc(C(=O)O)c(N(C)C)c21. The number of benzene rings is 1. The molecule has 0 aromatic heterocycles. The molecule has 0 fully saturated rings. The van der Waals surface area contributed by atoms with E-state index in [4.69, 9.17) is 5.11 Å². The van der Waals surface area contributed by atoms with E-state index in [1.165, 1.54) is 12.1 Å². The Balaban J connectivity index is 2.90. The van der Waals surface area contributed by atoms with Crippen molar-refractivity contribution in [1.82, 2.24) is 0 Å². The molecule has 0 spiro atoms. The van der Waals surface area contributed by atoms with Crippen molar-refractivity contribution in [2.45, 2.75) is 11.8 Å². The third-order valence-electron chi connectivity index (χ3n) is 2.71. The third-order valence-corrected chi connectivity index (χ3v) is 4.12. The van der Waals surface area contributed by atoms with Crippen molar-refractivity contribution in [3.63, 3.8) is 0 Å². The molecule has 0 saturated heterocycles. The molecule has 0 radical (unpaired) electrons. The minimum absolute atomic E-state index is 0.0606. The van der Waals surface area contributed by atoms with E-state index in [0.29, 0.717) is 17.0 Å². The Morgan fingerprint density at radius 1 is 1.33 bits per heavy atom. The molecule has 0 atom stereocenters. The highest BCUT2D eigenvalue weighted by Gasteiger charge is 2.32. The highest BCUT2D eigenvalue weighted by atomic mass is 32.2. The van der Waals surface area contributed by atoms with E-state index in [1.54, 1.807) is 25.9 Å². The van der Waals surface area contributed by atoms with Crippen molar-refractivity contribution >= 4 is 27.4 Å². The van der Waals surface area contributed by atoms with Crippen molar-refractivity contribution in [2.75, 3.05) is 19.0 Å². The first-order valence-electron chi connectivity index (χ1n) is 5.15. The molecule has 1 aromatic rings. The fourth-order valence-corrected chi connectivity index (χ4v) is 3.34. The molecule has 0 unspecified atom stereocenters. The average Bonchev–Trinajstić information content (AvgIpc) is 2.48. The number of sulfonamides is 1. The van der Waals surface area contributed by atoms with E-state index < -0.39 is 16.0 Å². The zero-order valence-electron chi connectivity index (χ0n) is 10.1. The first kappa shape index (κ1) is 12.6. The van der Waals surface area contributed by atoms with Gasteiger partial charge in [-0.25, -0.2) is 4.79 Å². The molecule has 1 aromatic carbocycles. The number of carboxylic acid groups (broad SMARTS) is 1. The summed E-state index contributed by atoms with van der Waals surface area (Å²) in [5.41, 5.74) is 1.12. The third kappa shape index (κ3) is 1.67. The number of nitrogens with zero attached hydrogens (tertiary/aromatic N) is 2. The zero-order chi connectivity index (χ0) is 13.7. The van der Waals surface area contributed by atoms with Gasteiger partial charge in [0.05, 0.1) is 17.0 Å². The Morgan fingerprint density at radius 3 is 2.44 bits per heavy atom. The van der Waals surface area contributed by atoms with Crippen LogP contribution in [0.25, 0.3) is 0 Å². The van der Waals surface area contributed by atoms with Gasteiger partial charge in [-0.05, 0) is 19.1 Å². The van der Waals surface area contributed by atoms with Crippen molar-refractivity contribution in [2.24, 2.45) is 4.40 Å². The molecule has 96 valence electrons. The van der Waals surface area contributed by atoms with Gasteiger partial charge in [-0.15, -0.1) is 0 Å². The Labute approximate surface area is 105 Å². The second-order valence-corrected chi connectivity index (χ2v) is 5.76. The van der Waals surface area contributed by atoms with Crippen LogP contribution >= 0.6 is 0 Å². The number of hydrogen-bond acceptors (Lipinski definition) is 4. The Kier molecular flexibility index (Phi) is 2.66. The number of fused-ring (bicyclic) bond motifs is 1. The van der Waals surface area contributed by atoms with Crippen LogP contribution in [0.4, 0.5) is 5.69 Å². The Bertz CT molecular complexity index is 675. The van der Waals surface area contributed by atoms with Crippen LogP contribution in [0.2, 0.25) is 0 Å². The zero-order valence-corrected chi connectivity index (χ0v) is 10.9. The summed E-state index contributed by atoms with van der Waals surface area (Å²) in [5.74, 6) is -1.10. The predicted octanol–water partition coefficient (Wildman–Crippen LogP) is 0.962. The van der Waals surface area contributed by atoms with Gasteiger partial charge in [0, 0.05) is 19.7 Å². The van der Waals surface area contributed by atoms with Gasteiger partial charge in [-0.2, -0.15) is 12.8 Å². The van der Waals surface area contributed by atoms with Crippen LogP contribution in [0.3, 0.4) is 0 Å². The average molecular weight is 268 g/mol. The summed E-state index contributed by atoms with van der Waals surface area (Å²) in [6.07, 6.45) is 0. The molecule has 6 nitrogen and oxygen atoms in total. The van der Waals surface area contributed by atoms with Crippen LogP contribution in [-0.4, -0.2) is 39.3 Å². The van der Waals surface area contributed by atoms with Crippen LogP contribution in [0.5, 0.6) is 0 Å². The van der Waals surface area contributed by atoms with Crippen LogP contribution in [-0.2, 0) is 10.0 Å². The molecule has 18 heavy (non-hydrogen) atoms. The monoisotopic (exact) mass is 268 g/mol. The summed E-state index contributed by atoms with van der Waals surface area (Å²) < 4.78 is 27.1. The Morgan fingerprint density at radius 2 is 1.94 bits per heavy atom. The first-order valence-corrected chi connectivity index (χ1v) is 6.59. The molecule has 1 aliphatic rings. The van der Waals surface area contributed by atoms with Gasteiger partial charge in [0.1, 0.15) is 4.90 Å². The van der Waals surface area contributed by atoms with E-state index in [2.05, 4.69) is 4.40 Å². The number of carbonyl (C=O) groups is 1. The predicted molar refractivity (Wildman–Crippen MR) is 67.1 cm³/mol. The lowest BCUT2D eigenvalue weighted by atomic mass is 10.0. The van der Waals surface area contributed by atoms with E-state index in [1.807, 2.05) is 0 Å². The number of hydrogen-bond donors (Lipinski definition) is 1. The van der Waals surface area contributed by atoms with Gasteiger partial charge >= 0.3 is 5.97 Å². The molecule has 1 heterocycles. The van der Waals surface area contributed by atoms with Gasteiger partial charge in [0.15, 0.2) is 0 Å². The standard InChI is InChI=1S/C11H12N2O4S/c1-6-9-8(18(16,17)12-6)5-4-7(11(14)15)10(9)13(2)3/h4-5H,1-3H3,(H,14,15). The lowest BCUT2D eigenvalue weighted by Gasteiger charge is -2.19. The van der Waals surface area contributed by atoms with Crippen molar-refractivity contribution < 1.29 is 18.3 Å². The summed E-state index contributed by atoms with van der Waals surface area (Å²) >= 11 is 0. The van der Waals surface area contributed by atoms with E-state index >= 15 is 0 Å². The van der Waals surface area contributed by atoms with Gasteiger partial charge in [-0.3, -0.25) is 0 Å². The summed E-state index contributed by atoms with van der Waals surface area (Å²) in [5, 5.41) is 9.15. The van der Waals surface area contributed by atoms with Gasteiger partial charge in [0.25, 0.3) is 10.0 Å². The molecule has 2 rings (SSSR count). The topological polar surface area (TPSA) is 87.0 Å². The Hall–Kier alpha value is -1.89. The van der Waals surface area contributed by atoms with Crippen molar-refractivity contribution in [3.8, 4) is 0 Å². The summed E-state index contributed by atoms with van der Waals surface area (Å²) in [7, 11) is -0.351. The summed E-state index contributed by atoms with van der Waals surface area (Å²) in [6.45, 7) is 1.56. The van der Waals surface area contributed by atoms with E-state index in [0.717, 1.165) is 0 Å².